The summed E-state index contributed by atoms with van der Waals surface area (Å²) in [6, 6.07) is 2.53. The lowest BCUT2D eigenvalue weighted by Crippen LogP contribution is -2.47. The second-order valence-corrected chi connectivity index (χ2v) is 5.48. The number of likely N-dealkylation sites (tertiary alicyclic amines) is 1. The first-order valence-electron chi connectivity index (χ1n) is 6.30. The Morgan fingerprint density at radius 2 is 1.95 bits per heavy atom. The van der Waals surface area contributed by atoms with Crippen molar-refractivity contribution in [2.24, 2.45) is 5.73 Å². The Morgan fingerprint density at radius 3 is 2.42 bits per heavy atom. The van der Waals surface area contributed by atoms with Crippen molar-refractivity contribution in [3.8, 4) is 0 Å². The fourth-order valence-electron chi connectivity index (χ4n) is 2.17. The quantitative estimate of drug-likeness (QED) is 0.899. The maximum atomic E-state index is 12.4. The normalized spacial score (nSPS) is 20.5. The highest BCUT2D eigenvalue weighted by Gasteiger charge is 2.32. The van der Waals surface area contributed by atoms with Crippen LogP contribution in [0.3, 0.4) is 0 Å². The first-order chi connectivity index (χ1) is 8.76. The van der Waals surface area contributed by atoms with Crippen molar-refractivity contribution in [2.45, 2.75) is 38.0 Å². The summed E-state index contributed by atoms with van der Waals surface area (Å²) < 4.78 is 37.1. The van der Waals surface area contributed by atoms with Crippen molar-refractivity contribution in [3.63, 3.8) is 0 Å². The minimum Gasteiger partial charge on any atom is -0.325 e. The molecule has 106 valence electrons. The summed E-state index contributed by atoms with van der Waals surface area (Å²) in [6.45, 7) is 4.40. The van der Waals surface area contributed by atoms with E-state index >= 15 is 0 Å². The van der Waals surface area contributed by atoms with Gasteiger partial charge in [0, 0.05) is 31.4 Å². The molecule has 1 fully saturated rings. The maximum absolute atomic E-state index is 12.4. The summed E-state index contributed by atoms with van der Waals surface area (Å²) in [6.07, 6.45) is -1.26. The lowest BCUT2D eigenvalue weighted by atomic mass is 9.91. The average Bonchev–Trinajstić information content (AvgIpc) is 2.31. The molecule has 1 aliphatic rings. The van der Waals surface area contributed by atoms with Gasteiger partial charge in [-0.3, -0.25) is 9.88 Å². The third-order valence-corrected chi connectivity index (χ3v) is 3.52. The number of halogens is 3. The predicted octanol–water partition coefficient (Wildman–Crippen LogP) is 2.41. The molecule has 0 radical (unpaired) electrons. The first-order valence-corrected chi connectivity index (χ1v) is 6.30. The second-order valence-electron chi connectivity index (χ2n) is 5.48. The van der Waals surface area contributed by atoms with Gasteiger partial charge in [0.15, 0.2) is 0 Å². The van der Waals surface area contributed by atoms with E-state index in [1.54, 1.807) is 0 Å². The van der Waals surface area contributed by atoms with Crippen molar-refractivity contribution in [1.29, 1.82) is 0 Å². The van der Waals surface area contributed by atoms with Gasteiger partial charge in [0.25, 0.3) is 0 Å². The van der Waals surface area contributed by atoms with Crippen LogP contribution in [0, 0.1) is 0 Å². The van der Waals surface area contributed by atoms with Crippen molar-refractivity contribution in [3.05, 3.63) is 29.6 Å². The minimum atomic E-state index is -4.37. The van der Waals surface area contributed by atoms with Crippen LogP contribution >= 0.6 is 0 Å². The van der Waals surface area contributed by atoms with Crippen molar-refractivity contribution >= 4 is 0 Å². The second kappa shape index (κ2) is 5.09. The van der Waals surface area contributed by atoms with Gasteiger partial charge in [-0.2, -0.15) is 13.2 Å². The molecule has 19 heavy (non-hydrogen) atoms. The molecule has 0 aromatic carbocycles. The average molecular weight is 273 g/mol. The van der Waals surface area contributed by atoms with Gasteiger partial charge in [-0.1, -0.05) is 6.07 Å². The summed E-state index contributed by atoms with van der Waals surface area (Å²) in [5.41, 5.74) is 5.88. The topological polar surface area (TPSA) is 42.1 Å². The molecule has 0 spiro atoms. The number of rotatable bonds is 2. The SMILES string of the molecule is CC1(N)CCN(Cc2ccc(C(F)(F)F)nc2)CC1. The molecule has 6 heteroatoms. The van der Waals surface area contributed by atoms with Crippen LogP contribution in [0.4, 0.5) is 13.2 Å². The summed E-state index contributed by atoms with van der Waals surface area (Å²) in [5, 5.41) is 0. The van der Waals surface area contributed by atoms with Crippen LogP contribution < -0.4 is 5.73 Å². The molecule has 1 aromatic rings. The van der Waals surface area contributed by atoms with Crippen LogP contribution in [0.15, 0.2) is 18.3 Å². The van der Waals surface area contributed by atoms with Crippen LogP contribution in [-0.2, 0) is 12.7 Å². The third kappa shape index (κ3) is 3.91. The molecule has 0 amide bonds. The Balaban J connectivity index is 1.94. The molecule has 0 atom stereocenters. The molecule has 0 bridgehead atoms. The molecule has 0 saturated carbocycles. The number of aromatic nitrogens is 1. The Morgan fingerprint density at radius 1 is 1.32 bits per heavy atom. The monoisotopic (exact) mass is 273 g/mol. The van der Waals surface area contributed by atoms with E-state index in [2.05, 4.69) is 9.88 Å². The van der Waals surface area contributed by atoms with Gasteiger partial charge in [0.05, 0.1) is 0 Å². The van der Waals surface area contributed by atoms with Gasteiger partial charge in [0.2, 0.25) is 0 Å². The summed E-state index contributed by atoms with van der Waals surface area (Å²) >= 11 is 0. The Bertz CT molecular complexity index is 416. The number of alkyl halides is 3. The highest BCUT2D eigenvalue weighted by molar-refractivity contribution is 5.16. The molecule has 0 unspecified atom stereocenters. The van der Waals surface area contributed by atoms with Gasteiger partial charge >= 0.3 is 6.18 Å². The largest absolute Gasteiger partial charge is 0.433 e. The van der Waals surface area contributed by atoms with Crippen molar-refractivity contribution in [2.75, 3.05) is 13.1 Å². The molecule has 1 aliphatic heterocycles. The van der Waals surface area contributed by atoms with E-state index in [1.807, 2.05) is 6.92 Å². The number of hydrogen-bond acceptors (Lipinski definition) is 3. The van der Waals surface area contributed by atoms with Crippen molar-refractivity contribution < 1.29 is 13.2 Å². The zero-order valence-corrected chi connectivity index (χ0v) is 10.9. The molecule has 0 aliphatic carbocycles. The van der Waals surface area contributed by atoms with E-state index in [1.165, 1.54) is 12.3 Å². The molecule has 2 rings (SSSR count). The van der Waals surface area contributed by atoms with Gasteiger partial charge in [0.1, 0.15) is 5.69 Å². The first kappa shape index (κ1) is 14.3. The predicted molar refractivity (Wildman–Crippen MR) is 66.3 cm³/mol. The highest BCUT2D eigenvalue weighted by Crippen LogP contribution is 2.27. The lowest BCUT2D eigenvalue weighted by molar-refractivity contribution is -0.141. The summed E-state index contributed by atoms with van der Waals surface area (Å²) in [7, 11) is 0. The molecule has 1 saturated heterocycles. The Labute approximate surface area is 110 Å². The molecule has 1 aromatic heterocycles. The Hall–Kier alpha value is -1.14. The van der Waals surface area contributed by atoms with Gasteiger partial charge < -0.3 is 5.73 Å². The van der Waals surface area contributed by atoms with Crippen LogP contribution in [0.1, 0.15) is 31.0 Å². The molecule has 2 N–H and O–H groups in total. The standard InChI is InChI=1S/C13H18F3N3/c1-12(17)4-6-19(7-5-12)9-10-2-3-11(18-8-10)13(14,15)16/h2-3,8H,4-7,9,17H2,1H3. The molecule has 2 heterocycles. The molecule has 3 nitrogen and oxygen atoms in total. The van der Waals surface area contributed by atoms with Crippen LogP contribution in [0.25, 0.3) is 0 Å². The fraction of sp³-hybridized carbons (Fsp3) is 0.615. The molecular weight excluding hydrogens is 255 g/mol. The number of nitrogens with zero attached hydrogens (tertiary/aromatic N) is 2. The van der Waals surface area contributed by atoms with Crippen LogP contribution in [0.5, 0.6) is 0 Å². The van der Waals surface area contributed by atoms with E-state index in [4.69, 9.17) is 5.73 Å². The van der Waals surface area contributed by atoms with E-state index in [9.17, 15) is 13.2 Å². The fourth-order valence-corrected chi connectivity index (χ4v) is 2.17. The highest BCUT2D eigenvalue weighted by atomic mass is 19.4. The zero-order valence-electron chi connectivity index (χ0n) is 10.9. The number of hydrogen-bond donors (Lipinski definition) is 1. The van der Waals surface area contributed by atoms with E-state index in [0.29, 0.717) is 6.54 Å². The van der Waals surface area contributed by atoms with E-state index in [-0.39, 0.29) is 5.54 Å². The number of nitrogens with two attached hydrogens (primary N) is 1. The third-order valence-electron chi connectivity index (χ3n) is 3.52. The van der Waals surface area contributed by atoms with E-state index < -0.39 is 11.9 Å². The maximum Gasteiger partial charge on any atom is 0.433 e. The molecular formula is C13H18F3N3. The van der Waals surface area contributed by atoms with Crippen molar-refractivity contribution in [1.82, 2.24) is 9.88 Å². The smallest absolute Gasteiger partial charge is 0.325 e. The van der Waals surface area contributed by atoms with Gasteiger partial charge in [-0.15, -0.1) is 0 Å². The zero-order chi connectivity index (χ0) is 14.1. The summed E-state index contributed by atoms with van der Waals surface area (Å²) in [5.74, 6) is 0. The van der Waals surface area contributed by atoms with E-state index in [0.717, 1.165) is 37.6 Å². The van der Waals surface area contributed by atoms with Gasteiger partial charge in [-0.05, 0) is 31.4 Å². The number of pyridine rings is 1. The van der Waals surface area contributed by atoms with Crippen LogP contribution in [0.2, 0.25) is 0 Å². The van der Waals surface area contributed by atoms with Crippen LogP contribution in [-0.4, -0.2) is 28.5 Å². The van der Waals surface area contributed by atoms with Gasteiger partial charge in [-0.25, -0.2) is 0 Å². The summed E-state index contributed by atoms with van der Waals surface area (Å²) in [4.78, 5) is 5.66. The number of piperidine rings is 1. The minimum absolute atomic E-state index is 0.116. The lowest BCUT2D eigenvalue weighted by Gasteiger charge is -2.36. The Kier molecular flexibility index (Phi) is 3.82.